The third kappa shape index (κ3) is 4.46. The van der Waals surface area contributed by atoms with Crippen molar-refractivity contribution in [3.63, 3.8) is 0 Å². The highest BCUT2D eigenvalue weighted by Gasteiger charge is 2.22. The Morgan fingerprint density at radius 1 is 0.220 bits per heavy atom. The van der Waals surface area contributed by atoms with Gasteiger partial charge in [-0.2, -0.15) is 0 Å². The predicted octanol–water partition coefficient (Wildman–Crippen LogP) is 13.8. The van der Waals surface area contributed by atoms with Gasteiger partial charge in [-0.25, -0.2) is 0 Å². The van der Waals surface area contributed by atoms with Crippen LogP contribution in [0.25, 0.3) is 115 Å². The van der Waals surface area contributed by atoms with Crippen LogP contribution in [-0.2, 0) is 0 Å². The fourth-order valence-corrected chi connectivity index (χ4v) is 10.1. The molecule has 0 atom stereocenters. The Bertz CT molecular complexity index is 3930. The van der Waals surface area contributed by atoms with Gasteiger partial charge in [-0.05, 0) is 110 Å². The molecule has 13 aromatic rings. The predicted molar refractivity (Wildman–Crippen MR) is 248 cm³/mol. The van der Waals surface area contributed by atoms with Crippen molar-refractivity contribution in [3.8, 4) is 17.1 Å². The molecule has 4 nitrogen and oxygen atoms in total. The topological polar surface area (TPSA) is 31.9 Å². The molecule has 0 spiro atoms. The molecule has 0 aliphatic heterocycles. The van der Waals surface area contributed by atoms with Crippen molar-refractivity contribution >= 4 is 97.6 Å². The summed E-state index contributed by atoms with van der Waals surface area (Å²) in [5.74, 6) is 0. The Labute approximate surface area is 337 Å². The molecule has 4 heteroatoms. The van der Waals surface area contributed by atoms with Crippen molar-refractivity contribution in [2.24, 2.45) is 0 Å². The summed E-state index contributed by atoms with van der Waals surface area (Å²) in [5, 5.41) is 14.1. The molecule has 10 aromatic carbocycles. The zero-order valence-corrected chi connectivity index (χ0v) is 31.8. The molecule has 0 unspecified atom stereocenters. The Hall–Kier alpha value is -7.95. The summed E-state index contributed by atoms with van der Waals surface area (Å²) in [5.41, 5.74) is 8.24. The van der Waals surface area contributed by atoms with E-state index in [0.29, 0.717) is 5.39 Å². The zero-order chi connectivity index (χ0) is 38.8. The number of pyridine rings is 1. The fourth-order valence-electron chi connectivity index (χ4n) is 10.1. The first-order chi connectivity index (χ1) is 29.2. The Morgan fingerprint density at radius 2 is 0.593 bits per heavy atom. The molecule has 0 N–H and O–H groups in total. The van der Waals surface area contributed by atoms with Crippen molar-refractivity contribution < 1.29 is 0 Å². The minimum atomic E-state index is -0.0402. The van der Waals surface area contributed by atoms with Gasteiger partial charge in [0.25, 0.3) is 5.56 Å². The molecule has 3 heterocycles. The van der Waals surface area contributed by atoms with Crippen molar-refractivity contribution in [2.45, 2.75) is 0 Å². The van der Waals surface area contributed by atoms with Crippen LogP contribution in [-0.4, -0.2) is 13.7 Å². The van der Waals surface area contributed by atoms with Gasteiger partial charge in [0.05, 0.1) is 27.6 Å². The maximum Gasteiger partial charge on any atom is 0.263 e. The van der Waals surface area contributed by atoms with Crippen LogP contribution in [0.5, 0.6) is 0 Å². The van der Waals surface area contributed by atoms with E-state index in [1.54, 1.807) is 0 Å². The first-order valence-corrected chi connectivity index (χ1v) is 20.1. The van der Waals surface area contributed by atoms with Crippen LogP contribution >= 0.6 is 0 Å². The second-order valence-corrected chi connectivity index (χ2v) is 15.6. The van der Waals surface area contributed by atoms with Crippen LogP contribution in [0.3, 0.4) is 0 Å². The molecule has 3 aromatic heterocycles. The van der Waals surface area contributed by atoms with E-state index in [1.807, 2.05) is 4.57 Å². The molecular weight excluding hydrogens is 719 g/mol. The van der Waals surface area contributed by atoms with E-state index < -0.39 is 0 Å². The van der Waals surface area contributed by atoms with Gasteiger partial charge in [-0.15, -0.1) is 0 Å². The van der Waals surface area contributed by atoms with E-state index >= 15 is 4.79 Å². The number of aromatic nitrogens is 3. The lowest BCUT2D eigenvalue weighted by Gasteiger charge is -2.17. The summed E-state index contributed by atoms with van der Waals surface area (Å²) in [6.45, 7) is 0. The molecule has 0 radical (unpaired) electrons. The maximum atomic E-state index is 15.6. The normalized spacial score (nSPS) is 12.1. The van der Waals surface area contributed by atoms with E-state index in [2.05, 4.69) is 209 Å². The maximum absolute atomic E-state index is 15.6. The molecule has 0 saturated carbocycles. The Kier molecular flexibility index (Phi) is 6.56. The molecule has 13 rings (SSSR count). The Balaban J connectivity index is 1.23. The lowest BCUT2D eigenvalue weighted by atomic mass is 9.94. The summed E-state index contributed by atoms with van der Waals surface area (Å²) in [6, 6.07) is 71.0. The van der Waals surface area contributed by atoms with Crippen molar-refractivity contribution in [2.75, 3.05) is 0 Å². The molecule has 0 aliphatic carbocycles. The zero-order valence-electron chi connectivity index (χ0n) is 31.8. The van der Waals surface area contributed by atoms with Crippen LogP contribution in [0.15, 0.2) is 205 Å². The lowest BCUT2D eigenvalue weighted by molar-refractivity contribution is 1.07. The van der Waals surface area contributed by atoms with Gasteiger partial charge < -0.3 is 9.13 Å². The van der Waals surface area contributed by atoms with Crippen LogP contribution < -0.4 is 5.56 Å². The minimum absolute atomic E-state index is 0.0402. The van der Waals surface area contributed by atoms with E-state index in [9.17, 15) is 0 Å². The molecule has 0 amide bonds. The molecule has 0 aliphatic rings. The number of benzene rings is 10. The van der Waals surface area contributed by atoms with Gasteiger partial charge in [-0.1, -0.05) is 127 Å². The summed E-state index contributed by atoms with van der Waals surface area (Å²) >= 11 is 0. The SMILES string of the molecule is O=c1c2cc3c4ccccc4n(-c4ccccc4)c3cc2c2cc3c(cc2n1-c1ccc2c4ccccc4c4ccccc4c2c1)c1ccccc1n3-c1ccccc1. The van der Waals surface area contributed by atoms with E-state index in [4.69, 9.17) is 0 Å². The van der Waals surface area contributed by atoms with Gasteiger partial charge in [0.15, 0.2) is 0 Å². The van der Waals surface area contributed by atoms with Gasteiger partial charge >= 0.3 is 0 Å². The van der Waals surface area contributed by atoms with Gasteiger partial charge in [-0.3, -0.25) is 9.36 Å². The largest absolute Gasteiger partial charge is 0.309 e. The lowest BCUT2D eigenvalue weighted by Crippen LogP contribution is -2.19. The highest BCUT2D eigenvalue weighted by atomic mass is 16.1. The highest BCUT2D eigenvalue weighted by molar-refractivity contribution is 6.26. The number of hydrogen-bond acceptors (Lipinski definition) is 1. The van der Waals surface area contributed by atoms with Crippen LogP contribution in [0.2, 0.25) is 0 Å². The minimum Gasteiger partial charge on any atom is -0.309 e. The third-order valence-electron chi connectivity index (χ3n) is 12.6. The summed E-state index contributed by atoms with van der Waals surface area (Å²) in [6.07, 6.45) is 0. The molecule has 274 valence electrons. The number of nitrogens with zero attached hydrogens (tertiary/aromatic N) is 3. The van der Waals surface area contributed by atoms with E-state index in [0.717, 1.165) is 82.3 Å². The van der Waals surface area contributed by atoms with Gasteiger partial charge in [0.1, 0.15) is 0 Å². The second kappa shape index (κ2) is 12.0. The molecular formula is C55H33N3O. The van der Waals surface area contributed by atoms with Crippen LogP contribution in [0, 0.1) is 0 Å². The summed E-state index contributed by atoms with van der Waals surface area (Å²) < 4.78 is 6.66. The first-order valence-electron chi connectivity index (χ1n) is 20.1. The molecule has 0 fully saturated rings. The average Bonchev–Trinajstić information content (AvgIpc) is 3.80. The quantitative estimate of drug-likeness (QED) is 0.165. The molecule has 59 heavy (non-hydrogen) atoms. The second-order valence-electron chi connectivity index (χ2n) is 15.6. The Morgan fingerprint density at radius 3 is 1.14 bits per heavy atom. The highest BCUT2D eigenvalue weighted by Crippen LogP contribution is 2.41. The monoisotopic (exact) mass is 751 g/mol. The van der Waals surface area contributed by atoms with E-state index in [1.165, 1.54) is 26.9 Å². The van der Waals surface area contributed by atoms with Crippen molar-refractivity contribution in [1.82, 2.24) is 13.7 Å². The number of hydrogen-bond donors (Lipinski definition) is 0. The van der Waals surface area contributed by atoms with Crippen molar-refractivity contribution in [1.29, 1.82) is 0 Å². The van der Waals surface area contributed by atoms with Gasteiger partial charge in [0.2, 0.25) is 0 Å². The average molecular weight is 752 g/mol. The standard InChI is InChI=1S/C55H33N3O/c59-55-49-30-46-42-23-11-13-25-50(42)56(34-15-3-1-4-16-34)52(46)31-45(49)48-33-53-47(43-24-12-14-26-51(43)57(53)35-17-5-2-6-18-35)32-54(48)58(55)36-27-28-41-39-21-8-7-19-37(39)38-20-9-10-22-40(38)44(41)29-36/h1-33H. The third-order valence-corrected chi connectivity index (χ3v) is 12.6. The molecule has 0 bridgehead atoms. The van der Waals surface area contributed by atoms with Crippen LogP contribution in [0.1, 0.15) is 0 Å². The van der Waals surface area contributed by atoms with E-state index in [-0.39, 0.29) is 5.56 Å². The van der Waals surface area contributed by atoms with Gasteiger partial charge in [0, 0.05) is 49.4 Å². The molecule has 0 saturated heterocycles. The first kappa shape index (κ1) is 32.2. The number of para-hydroxylation sites is 4. The van der Waals surface area contributed by atoms with Crippen molar-refractivity contribution in [3.05, 3.63) is 211 Å². The van der Waals surface area contributed by atoms with Crippen LogP contribution in [0.4, 0.5) is 0 Å². The fraction of sp³-hybridized carbons (Fsp3) is 0. The summed E-state index contributed by atoms with van der Waals surface area (Å²) in [7, 11) is 0. The number of fused-ring (bicyclic) bond motifs is 15. The number of rotatable bonds is 3. The summed E-state index contributed by atoms with van der Waals surface area (Å²) in [4.78, 5) is 15.6. The smallest absolute Gasteiger partial charge is 0.263 e.